The number of fused-ring (bicyclic) bond motifs is 8. The van der Waals surface area contributed by atoms with E-state index < -0.39 is 182 Å². The van der Waals surface area contributed by atoms with Crippen LogP contribution in [0.4, 0.5) is 0 Å². The monoisotopic (exact) mass is 1670 g/mol. The van der Waals surface area contributed by atoms with Crippen molar-refractivity contribution in [3.05, 3.63) is 125 Å². The maximum absolute atomic E-state index is 15.8. The number of H-pyrrole nitrogens is 1. The van der Waals surface area contributed by atoms with Crippen LogP contribution in [0.15, 0.2) is 97.3 Å². The molecule has 3 aromatic carbocycles. The summed E-state index contributed by atoms with van der Waals surface area (Å²) in [4.78, 5) is 212. The second-order valence-electron chi connectivity index (χ2n) is 32.0. The molecule has 8 rings (SSSR count). The molecule has 5 heterocycles. The normalized spacial score (nSPS) is 26.7. The molecule has 118 heavy (non-hydrogen) atoms. The average Bonchev–Trinajstić information content (AvgIpc) is 1.52. The molecule has 19 N–H and O–H groups in total. The van der Waals surface area contributed by atoms with E-state index in [0.717, 1.165) is 11.1 Å². The van der Waals surface area contributed by atoms with Gasteiger partial charge >= 0.3 is 0 Å². The number of aryl methyl sites for hydroxylation is 1. The Hall–Kier alpha value is -10.9. The Labute approximate surface area is 693 Å². The third-order valence-corrected chi connectivity index (χ3v) is 24.1. The van der Waals surface area contributed by atoms with E-state index in [1.54, 1.807) is 58.2 Å². The van der Waals surface area contributed by atoms with Crippen molar-refractivity contribution in [1.82, 2.24) is 78.7 Å². The molecule has 0 unspecified atom stereocenters. The van der Waals surface area contributed by atoms with Gasteiger partial charge in [-0.15, -0.1) is 11.8 Å². The molecule has 2 fully saturated rings. The summed E-state index contributed by atoms with van der Waals surface area (Å²) in [5, 5.41) is 75.4. The Morgan fingerprint density at radius 3 is 1.86 bits per heavy atom. The molecule has 2 aromatic heterocycles. The third kappa shape index (κ3) is 25.6. The molecule has 5 aromatic rings. The lowest BCUT2D eigenvalue weighted by molar-refractivity contribution is -0.143. The molecule has 0 spiro atoms. The van der Waals surface area contributed by atoms with E-state index in [1.807, 2.05) is 24.3 Å². The predicted octanol–water partition coefficient (Wildman–Crippen LogP) is 0.519. The number of primary amides is 1. The molecule has 0 radical (unpaired) electrons. The zero-order valence-corrected chi connectivity index (χ0v) is 69.9. The maximum atomic E-state index is 15.8. The first-order valence-corrected chi connectivity index (χ1v) is 41.5. The Morgan fingerprint density at radius 1 is 0.627 bits per heavy atom. The van der Waals surface area contributed by atoms with Crippen LogP contribution in [0.5, 0.6) is 11.5 Å². The molecule has 36 heteroatoms. The minimum Gasteiger partial charge on any atom is -0.508 e. The molecule has 0 saturated carbocycles. The van der Waals surface area contributed by atoms with Gasteiger partial charge in [-0.1, -0.05) is 62.4 Å². The minimum absolute atomic E-state index is 0.00517. The van der Waals surface area contributed by atoms with Crippen molar-refractivity contribution >= 4 is 117 Å². The number of carbonyl (C=O) groups is 14. The van der Waals surface area contributed by atoms with Gasteiger partial charge in [0.15, 0.2) is 0 Å². The smallest absolute Gasteiger partial charge is 0.246 e. The average molecular weight is 1670 g/mol. The summed E-state index contributed by atoms with van der Waals surface area (Å²) >= 11 is 2.84. The van der Waals surface area contributed by atoms with Gasteiger partial charge in [-0.25, -0.2) is 4.98 Å². The zero-order chi connectivity index (χ0) is 86.7. The SMILES string of the molecule is CC(=O)N[C@H]1CCCCNC(=O)CCC[C@@H](C(N)=O)NC(=O)[C@H]([C@@H](C)O)NC(=O)[C@](C)(C(C)C)NC(=O)[C@H](Cc2ccc(O)cc2)NC(=O)[C@H](C)NC(=O)C(C)(C)NC(=O)[C@H](Cc2c[nH]c3ncccc23)NC(=O)[C@H]([C@@H](C)O)NC(=O)[C@@H]2C[C@@H]3CN2C(=O)[C@H](Cc2ccc(O)cc2)NC(=O)[C@@H](NC1=O)C(C)(C)SCc1cccc(c1)CCS3. The number of aliphatic hydroxyl groups excluding tert-OH is 2. The summed E-state index contributed by atoms with van der Waals surface area (Å²) in [5.74, 6) is -12.4. The van der Waals surface area contributed by atoms with Gasteiger partial charge in [-0.05, 0) is 176 Å². The summed E-state index contributed by atoms with van der Waals surface area (Å²) in [6.45, 7) is 15.5. The van der Waals surface area contributed by atoms with Crippen molar-refractivity contribution < 1.29 is 87.5 Å². The van der Waals surface area contributed by atoms with Gasteiger partial charge in [0.25, 0.3) is 0 Å². The van der Waals surface area contributed by atoms with E-state index >= 15 is 24.0 Å². The highest BCUT2D eigenvalue weighted by Gasteiger charge is 2.48. The number of carbonyl (C=O) groups excluding carboxylic acids is 14. The Morgan fingerprint density at radius 2 is 1.23 bits per heavy atom. The molecule has 34 nitrogen and oxygen atoms in total. The number of rotatable bonds is 11. The van der Waals surface area contributed by atoms with E-state index in [4.69, 9.17) is 5.73 Å². The van der Waals surface area contributed by atoms with Gasteiger partial charge in [0, 0.05) is 79.2 Å². The largest absolute Gasteiger partial charge is 0.508 e. The van der Waals surface area contributed by atoms with E-state index in [-0.39, 0.29) is 88.8 Å². The van der Waals surface area contributed by atoms with Crippen molar-refractivity contribution in [2.45, 2.75) is 246 Å². The van der Waals surface area contributed by atoms with Crippen LogP contribution in [0.2, 0.25) is 0 Å². The highest BCUT2D eigenvalue weighted by molar-refractivity contribution is 8.00. The minimum atomic E-state index is -1.94. The van der Waals surface area contributed by atoms with Crippen LogP contribution in [0.25, 0.3) is 11.0 Å². The number of aromatic nitrogens is 2. The zero-order valence-electron chi connectivity index (χ0n) is 68.2. The molecule has 5 bridgehead atoms. The quantitative estimate of drug-likeness (QED) is 0.0857. The first-order chi connectivity index (χ1) is 55.6. The summed E-state index contributed by atoms with van der Waals surface area (Å²) < 4.78 is -1.20. The number of pyridine rings is 1. The number of aliphatic hydroxyl groups is 2. The first-order valence-electron chi connectivity index (χ1n) is 39.5. The van der Waals surface area contributed by atoms with Crippen LogP contribution in [0.1, 0.15) is 149 Å². The molecule has 0 aliphatic carbocycles. The molecule has 14 amide bonds. The van der Waals surface area contributed by atoms with E-state index in [1.165, 1.54) is 119 Å². The lowest BCUT2D eigenvalue weighted by atomic mass is 9.86. The molecular weight excluding hydrogens is 1560 g/mol. The first kappa shape index (κ1) is 92.7. The summed E-state index contributed by atoms with van der Waals surface area (Å²) in [6, 6.07) is 7.39. The fraction of sp³-hybridized carbons (Fsp3) is 0.524. The number of phenolic OH excluding ortho intramolecular Hbond substituents is 2. The number of phenols is 2. The highest BCUT2D eigenvalue weighted by Crippen LogP contribution is 2.35. The fourth-order valence-electron chi connectivity index (χ4n) is 13.9. The lowest BCUT2D eigenvalue weighted by Gasteiger charge is -2.36. The molecular formula is C82H112N16O18S2. The van der Waals surface area contributed by atoms with Crippen LogP contribution in [-0.4, -0.2) is 231 Å². The van der Waals surface area contributed by atoms with Crippen LogP contribution >= 0.6 is 23.5 Å². The Balaban J connectivity index is 1.16. The van der Waals surface area contributed by atoms with Gasteiger partial charge in [-0.3, -0.25) is 67.1 Å². The number of amides is 14. The Bertz CT molecular complexity index is 4470. The van der Waals surface area contributed by atoms with E-state index in [2.05, 4.69) is 73.8 Å². The van der Waals surface area contributed by atoms with Crippen LogP contribution in [0, 0.1) is 5.92 Å². The van der Waals surface area contributed by atoms with Crippen molar-refractivity contribution in [3.8, 4) is 11.5 Å². The molecule has 3 aliphatic rings. The van der Waals surface area contributed by atoms with E-state index in [0.29, 0.717) is 45.7 Å². The summed E-state index contributed by atoms with van der Waals surface area (Å²) in [5.41, 5.74) is 5.46. The topological polar surface area (TPSA) is 522 Å². The standard InChI is InChI=1S/C82H112N16O18S2/c1-43(2)82(11)79(116)94-65(46(5)100)75(112)89-57(67(83)105)21-15-22-63(104)84-32-13-12-20-58(88-47(6)101)70(107)95-66-76(113)92-61(37-50-25-29-54(103)30-26-50)77(114)98-41-55(117-34-31-48-17-14-18-51(35-48)42-118-81(66,9)10)39-62(98)73(110)93-64(45(4)99)74(111)91-60(38-52-40-86-68-56(52)19-16-33-85-68)71(108)96-80(7,8)78(115)87-44(3)69(106)90-59(72(109)97-82)36-49-23-27-53(102)28-24-49/h14,16-19,23-30,33,35,40,43-46,55,57-62,64-66,99-100,102-103H,12-13,15,20-22,31-32,34,36-39,41-42H2,1-11H3,(H2,83,105)(H,84,104)(H,85,86)(H,87,115)(H,88,101)(H,89,112)(H,90,106)(H,91,111)(H,92,113)(H,93,110)(H,94,116)(H,95,107)(H,96,108)(H,97,109)/t44-,45+,46+,55+,57-,58-,59-,60-,61-,62-,64-,65-,66+,82-/m0/s1. The molecule has 14 atom stereocenters. The summed E-state index contributed by atoms with van der Waals surface area (Å²) in [6.07, 6.45) is -0.316. The summed E-state index contributed by atoms with van der Waals surface area (Å²) in [7, 11) is 0. The van der Waals surface area contributed by atoms with Crippen molar-refractivity contribution in [3.63, 3.8) is 0 Å². The lowest BCUT2D eigenvalue weighted by Crippen LogP contribution is -2.67. The van der Waals surface area contributed by atoms with Gasteiger partial charge in [0.2, 0.25) is 82.7 Å². The number of thioether (sulfide) groups is 2. The van der Waals surface area contributed by atoms with Crippen LogP contribution in [0.3, 0.4) is 0 Å². The second kappa shape index (κ2) is 41.5. The Kier molecular flexibility index (Phi) is 32.6. The number of benzene rings is 3. The van der Waals surface area contributed by atoms with E-state index in [9.17, 15) is 63.6 Å². The molecule has 2 saturated heterocycles. The number of nitrogens with zero attached hydrogens (tertiary/aromatic N) is 2. The fourth-order valence-corrected chi connectivity index (χ4v) is 16.2. The van der Waals surface area contributed by atoms with Gasteiger partial charge < -0.3 is 99.8 Å². The van der Waals surface area contributed by atoms with Gasteiger partial charge in [0.1, 0.15) is 88.6 Å². The van der Waals surface area contributed by atoms with Crippen LogP contribution in [-0.2, 0) is 98.6 Å². The predicted molar refractivity (Wildman–Crippen MR) is 441 cm³/mol. The van der Waals surface area contributed by atoms with Crippen molar-refractivity contribution in [2.75, 3.05) is 18.8 Å². The van der Waals surface area contributed by atoms with Crippen molar-refractivity contribution in [1.29, 1.82) is 0 Å². The number of nitrogens with two attached hydrogens (primary N) is 1. The molecule has 3 aliphatic heterocycles. The van der Waals surface area contributed by atoms with Gasteiger partial charge in [-0.2, -0.15) is 11.8 Å². The number of hydrogen-bond donors (Lipinski definition) is 18. The third-order valence-electron chi connectivity index (χ3n) is 21.4. The molecule has 640 valence electrons. The number of hydrogen-bond acceptors (Lipinski definition) is 21. The number of aromatic hydroxyl groups is 2. The second-order valence-corrected chi connectivity index (χ2v) is 35.0. The number of nitrogens with one attached hydrogen (secondary N) is 13. The maximum Gasteiger partial charge on any atom is 0.246 e. The van der Waals surface area contributed by atoms with Crippen molar-refractivity contribution in [2.24, 2.45) is 11.7 Å². The highest BCUT2D eigenvalue weighted by atomic mass is 32.2. The van der Waals surface area contributed by atoms with Crippen LogP contribution < -0.4 is 69.5 Å². The number of aromatic amines is 1. The van der Waals surface area contributed by atoms with Gasteiger partial charge in [0.05, 0.1) is 12.2 Å².